The molecule has 2 rings (SSSR count). The molecule has 16 heavy (non-hydrogen) atoms. The SMILES string of the molecule is Cc1nc(CNC(=O)c2ccccc2)n[nH]1. The number of benzene rings is 1. The molecule has 5 heteroatoms. The van der Waals surface area contributed by atoms with Gasteiger partial charge in [0.15, 0.2) is 5.82 Å². The number of H-pyrrole nitrogens is 1. The van der Waals surface area contributed by atoms with E-state index in [0.29, 0.717) is 17.9 Å². The fourth-order valence-corrected chi connectivity index (χ4v) is 1.32. The van der Waals surface area contributed by atoms with Crippen LogP contribution in [-0.4, -0.2) is 21.1 Å². The summed E-state index contributed by atoms with van der Waals surface area (Å²) in [6.07, 6.45) is 0. The summed E-state index contributed by atoms with van der Waals surface area (Å²) in [6, 6.07) is 9.05. The van der Waals surface area contributed by atoms with E-state index in [9.17, 15) is 4.79 Å². The Morgan fingerprint density at radius 2 is 2.12 bits per heavy atom. The van der Waals surface area contributed by atoms with Crippen LogP contribution in [-0.2, 0) is 6.54 Å². The van der Waals surface area contributed by atoms with Gasteiger partial charge in [-0.1, -0.05) is 18.2 Å². The molecule has 0 unspecified atom stereocenters. The molecular formula is C11H12N4O. The molecule has 1 amide bonds. The molecular weight excluding hydrogens is 204 g/mol. The van der Waals surface area contributed by atoms with Gasteiger partial charge in [-0.3, -0.25) is 9.89 Å². The maximum Gasteiger partial charge on any atom is 0.251 e. The van der Waals surface area contributed by atoms with Crippen molar-refractivity contribution in [1.82, 2.24) is 20.5 Å². The van der Waals surface area contributed by atoms with Crippen molar-refractivity contribution in [1.29, 1.82) is 0 Å². The number of nitrogens with zero attached hydrogens (tertiary/aromatic N) is 2. The number of nitrogens with one attached hydrogen (secondary N) is 2. The van der Waals surface area contributed by atoms with Crippen LogP contribution in [0.25, 0.3) is 0 Å². The Kier molecular flexibility index (Phi) is 2.95. The lowest BCUT2D eigenvalue weighted by Crippen LogP contribution is -2.23. The third-order valence-corrected chi connectivity index (χ3v) is 2.09. The van der Waals surface area contributed by atoms with Crippen LogP contribution in [0.2, 0.25) is 0 Å². The third kappa shape index (κ3) is 2.44. The third-order valence-electron chi connectivity index (χ3n) is 2.09. The Bertz CT molecular complexity index is 478. The smallest absolute Gasteiger partial charge is 0.251 e. The highest BCUT2D eigenvalue weighted by molar-refractivity contribution is 5.93. The molecule has 2 N–H and O–H groups in total. The molecule has 0 aliphatic heterocycles. The molecule has 0 bridgehead atoms. The first kappa shape index (κ1) is 10.4. The van der Waals surface area contributed by atoms with Crippen molar-refractivity contribution in [3.63, 3.8) is 0 Å². The summed E-state index contributed by atoms with van der Waals surface area (Å²) < 4.78 is 0. The van der Waals surface area contributed by atoms with Gasteiger partial charge in [0.1, 0.15) is 5.82 Å². The van der Waals surface area contributed by atoms with E-state index in [1.165, 1.54) is 0 Å². The van der Waals surface area contributed by atoms with Crippen molar-refractivity contribution in [3.8, 4) is 0 Å². The summed E-state index contributed by atoms with van der Waals surface area (Å²) in [4.78, 5) is 15.7. The van der Waals surface area contributed by atoms with Crippen LogP contribution in [0.15, 0.2) is 30.3 Å². The molecule has 1 aromatic carbocycles. The summed E-state index contributed by atoms with van der Waals surface area (Å²) >= 11 is 0. The van der Waals surface area contributed by atoms with E-state index in [1.54, 1.807) is 12.1 Å². The molecule has 0 aliphatic rings. The second-order valence-electron chi connectivity index (χ2n) is 3.39. The van der Waals surface area contributed by atoms with Crippen LogP contribution in [0.5, 0.6) is 0 Å². The van der Waals surface area contributed by atoms with Crippen LogP contribution in [0.3, 0.4) is 0 Å². The Morgan fingerprint density at radius 3 is 2.75 bits per heavy atom. The van der Waals surface area contributed by atoms with Gasteiger partial charge >= 0.3 is 0 Å². The highest BCUT2D eigenvalue weighted by Gasteiger charge is 2.05. The zero-order valence-corrected chi connectivity index (χ0v) is 8.90. The maximum absolute atomic E-state index is 11.6. The minimum atomic E-state index is -0.122. The predicted octanol–water partition coefficient (Wildman–Crippen LogP) is 1.04. The lowest BCUT2D eigenvalue weighted by atomic mass is 10.2. The number of rotatable bonds is 3. The van der Waals surface area contributed by atoms with Crippen LogP contribution in [0.4, 0.5) is 0 Å². The van der Waals surface area contributed by atoms with E-state index < -0.39 is 0 Å². The van der Waals surface area contributed by atoms with Crippen LogP contribution in [0, 0.1) is 6.92 Å². The quantitative estimate of drug-likeness (QED) is 0.805. The number of amides is 1. The zero-order chi connectivity index (χ0) is 11.4. The summed E-state index contributed by atoms with van der Waals surface area (Å²) in [6.45, 7) is 2.15. The summed E-state index contributed by atoms with van der Waals surface area (Å²) in [5.74, 6) is 1.20. The number of hydrogen-bond acceptors (Lipinski definition) is 3. The lowest BCUT2D eigenvalue weighted by Gasteiger charge is -2.01. The van der Waals surface area contributed by atoms with Crippen LogP contribution < -0.4 is 5.32 Å². The Hall–Kier alpha value is -2.17. The summed E-state index contributed by atoms with van der Waals surface area (Å²) in [5.41, 5.74) is 0.634. The molecule has 82 valence electrons. The average molecular weight is 216 g/mol. The molecule has 5 nitrogen and oxygen atoms in total. The van der Waals surface area contributed by atoms with Gasteiger partial charge in [0.2, 0.25) is 0 Å². The first-order valence-electron chi connectivity index (χ1n) is 4.97. The van der Waals surface area contributed by atoms with E-state index in [0.717, 1.165) is 5.82 Å². The van der Waals surface area contributed by atoms with Gasteiger partial charge in [0.05, 0.1) is 6.54 Å². The van der Waals surface area contributed by atoms with Gasteiger partial charge in [-0.25, -0.2) is 4.98 Å². The van der Waals surface area contributed by atoms with Gasteiger partial charge in [0, 0.05) is 5.56 Å². The molecule has 0 radical (unpaired) electrons. The Labute approximate surface area is 92.9 Å². The monoisotopic (exact) mass is 216 g/mol. The highest BCUT2D eigenvalue weighted by Crippen LogP contribution is 1.98. The highest BCUT2D eigenvalue weighted by atomic mass is 16.1. The van der Waals surface area contributed by atoms with Gasteiger partial charge in [-0.05, 0) is 19.1 Å². The van der Waals surface area contributed by atoms with Crippen molar-refractivity contribution in [2.45, 2.75) is 13.5 Å². The van der Waals surface area contributed by atoms with Crippen LogP contribution >= 0.6 is 0 Å². The molecule has 0 fully saturated rings. The topological polar surface area (TPSA) is 70.7 Å². The van der Waals surface area contributed by atoms with Crippen molar-refractivity contribution in [2.24, 2.45) is 0 Å². The number of aryl methyl sites for hydroxylation is 1. The Balaban J connectivity index is 1.94. The van der Waals surface area contributed by atoms with Crippen LogP contribution in [0.1, 0.15) is 22.0 Å². The minimum Gasteiger partial charge on any atom is -0.345 e. The van der Waals surface area contributed by atoms with E-state index in [4.69, 9.17) is 0 Å². The summed E-state index contributed by atoms with van der Waals surface area (Å²) in [5, 5.41) is 9.39. The first-order valence-corrected chi connectivity index (χ1v) is 4.97. The van der Waals surface area contributed by atoms with E-state index in [1.807, 2.05) is 25.1 Å². The van der Waals surface area contributed by atoms with E-state index >= 15 is 0 Å². The van der Waals surface area contributed by atoms with Gasteiger partial charge in [-0.15, -0.1) is 0 Å². The van der Waals surface area contributed by atoms with Crippen molar-refractivity contribution < 1.29 is 4.79 Å². The molecule has 0 spiro atoms. The molecule has 0 atom stereocenters. The fourth-order valence-electron chi connectivity index (χ4n) is 1.32. The molecule has 1 aromatic heterocycles. The van der Waals surface area contributed by atoms with Crippen molar-refractivity contribution in [2.75, 3.05) is 0 Å². The number of hydrogen-bond donors (Lipinski definition) is 2. The van der Waals surface area contributed by atoms with Gasteiger partial charge in [-0.2, -0.15) is 5.10 Å². The van der Waals surface area contributed by atoms with Gasteiger partial charge in [0.25, 0.3) is 5.91 Å². The average Bonchev–Trinajstić information content (AvgIpc) is 2.73. The van der Waals surface area contributed by atoms with E-state index in [-0.39, 0.29) is 5.91 Å². The minimum absolute atomic E-state index is 0.122. The lowest BCUT2D eigenvalue weighted by molar-refractivity contribution is 0.0950. The molecule has 0 saturated carbocycles. The molecule has 1 heterocycles. The number of aromatic nitrogens is 3. The summed E-state index contributed by atoms with van der Waals surface area (Å²) in [7, 11) is 0. The number of carbonyl (C=O) groups is 1. The fraction of sp³-hybridized carbons (Fsp3) is 0.182. The number of carbonyl (C=O) groups excluding carboxylic acids is 1. The predicted molar refractivity (Wildman–Crippen MR) is 58.7 cm³/mol. The second kappa shape index (κ2) is 4.57. The van der Waals surface area contributed by atoms with E-state index in [2.05, 4.69) is 20.5 Å². The molecule has 2 aromatic rings. The van der Waals surface area contributed by atoms with Crippen molar-refractivity contribution >= 4 is 5.91 Å². The Morgan fingerprint density at radius 1 is 1.38 bits per heavy atom. The maximum atomic E-state index is 11.6. The largest absolute Gasteiger partial charge is 0.345 e. The number of aromatic amines is 1. The van der Waals surface area contributed by atoms with Crippen molar-refractivity contribution in [3.05, 3.63) is 47.5 Å². The second-order valence-corrected chi connectivity index (χ2v) is 3.39. The molecule has 0 aliphatic carbocycles. The normalized spacial score (nSPS) is 10.1. The molecule has 0 saturated heterocycles. The van der Waals surface area contributed by atoms with Gasteiger partial charge < -0.3 is 5.32 Å². The zero-order valence-electron chi connectivity index (χ0n) is 8.90. The first-order chi connectivity index (χ1) is 7.75. The standard InChI is InChI=1S/C11H12N4O/c1-8-13-10(15-14-8)7-12-11(16)9-5-3-2-4-6-9/h2-6H,7H2,1H3,(H,12,16)(H,13,14,15).